The number of hydrogen-bond donors (Lipinski definition) is 3. The van der Waals surface area contributed by atoms with Gasteiger partial charge in [0.15, 0.2) is 5.03 Å². The normalized spacial score (nSPS) is 11.3. The Morgan fingerprint density at radius 2 is 2.05 bits per heavy atom. The van der Waals surface area contributed by atoms with Gasteiger partial charge in [-0.15, -0.1) is 0 Å². The lowest BCUT2D eigenvalue weighted by atomic mass is 10.1. The van der Waals surface area contributed by atoms with Crippen molar-refractivity contribution in [1.29, 1.82) is 5.41 Å². The summed E-state index contributed by atoms with van der Waals surface area (Å²) in [6.45, 7) is 2.56. The molecule has 1 aromatic carbocycles. The van der Waals surface area contributed by atoms with Crippen LogP contribution in [0.4, 0.5) is 5.69 Å². The molecule has 0 saturated heterocycles. The number of imidazole rings is 1. The summed E-state index contributed by atoms with van der Waals surface area (Å²) in [6, 6.07) is 6.72. The van der Waals surface area contributed by atoms with E-state index in [1.165, 1.54) is 12.5 Å². The molecule has 0 aliphatic rings. The van der Waals surface area contributed by atoms with Crippen LogP contribution in [0.3, 0.4) is 0 Å². The third-order valence-electron chi connectivity index (χ3n) is 2.85. The highest BCUT2D eigenvalue weighted by atomic mass is 32.2. The maximum atomic E-state index is 12.2. The van der Waals surface area contributed by atoms with Crippen LogP contribution in [0.25, 0.3) is 0 Å². The van der Waals surface area contributed by atoms with Crippen LogP contribution in [0.2, 0.25) is 0 Å². The fraction of sp³-hybridized carbons (Fsp3) is 0.231. The Labute approximate surface area is 123 Å². The smallest absolute Gasteiger partial charge is 0.280 e. The molecule has 0 saturated carbocycles. The van der Waals surface area contributed by atoms with Crippen molar-refractivity contribution < 1.29 is 8.42 Å². The molecule has 0 bridgehead atoms. The highest BCUT2D eigenvalue weighted by Crippen LogP contribution is 2.15. The second kappa shape index (κ2) is 5.96. The van der Waals surface area contributed by atoms with Crippen molar-refractivity contribution in [2.45, 2.75) is 24.9 Å². The molecule has 2 rings (SSSR count). The summed E-state index contributed by atoms with van der Waals surface area (Å²) in [5.74, 6) is 0.0634. The van der Waals surface area contributed by atoms with Gasteiger partial charge in [0.05, 0.1) is 12.2 Å². The van der Waals surface area contributed by atoms with Crippen molar-refractivity contribution >= 4 is 21.5 Å². The Kier molecular flexibility index (Phi) is 4.27. The van der Waals surface area contributed by atoms with Gasteiger partial charge in [-0.05, 0) is 24.6 Å². The van der Waals surface area contributed by atoms with Gasteiger partial charge < -0.3 is 10.3 Å². The van der Waals surface area contributed by atoms with Crippen LogP contribution in [0, 0.1) is 5.41 Å². The fourth-order valence-electron chi connectivity index (χ4n) is 1.77. The number of anilines is 1. The number of aromatic nitrogens is 2. The van der Waals surface area contributed by atoms with Crippen molar-refractivity contribution in [3.63, 3.8) is 0 Å². The first-order chi connectivity index (χ1) is 9.90. The molecule has 7 nitrogen and oxygen atoms in total. The minimum absolute atomic E-state index is 0.0165. The van der Waals surface area contributed by atoms with Crippen LogP contribution >= 0.6 is 0 Å². The molecule has 2 aromatic rings. The summed E-state index contributed by atoms with van der Waals surface area (Å²) >= 11 is 0. The topological polar surface area (TPSA) is 114 Å². The number of sulfonamides is 1. The second-order valence-corrected chi connectivity index (χ2v) is 6.18. The average molecular weight is 307 g/mol. The number of nitrogens with one attached hydrogen (secondary N) is 2. The summed E-state index contributed by atoms with van der Waals surface area (Å²) in [7, 11) is -3.69. The summed E-state index contributed by atoms with van der Waals surface area (Å²) in [5.41, 5.74) is 6.60. The molecule has 0 unspecified atom stereocenters. The average Bonchev–Trinajstić information content (AvgIpc) is 2.90. The van der Waals surface area contributed by atoms with Gasteiger partial charge in [0, 0.05) is 24.8 Å². The first kappa shape index (κ1) is 15.0. The maximum absolute atomic E-state index is 12.2. The second-order valence-electron chi connectivity index (χ2n) is 4.55. The number of benzene rings is 1. The van der Waals surface area contributed by atoms with E-state index in [9.17, 15) is 8.42 Å². The SMILES string of the molecule is CCn1cnc(S(=O)(=O)Nc2ccc(CC(=N)N)cc2)c1. The quantitative estimate of drug-likeness (QED) is 0.549. The lowest BCUT2D eigenvalue weighted by Gasteiger charge is -2.06. The molecule has 0 spiro atoms. The Bertz CT molecular complexity index is 734. The van der Waals surface area contributed by atoms with E-state index in [2.05, 4.69) is 9.71 Å². The Morgan fingerprint density at radius 1 is 1.38 bits per heavy atom. The summed E-state index contributed by atoms with van der Waals surface area (Å²) in [4.78, 5) is 3.88. The molecule has 0 atom stereocenters. The van der Waals surface area contributed by atoms with Gasteiger partial charge in [0.1, 0.15) is 0 Å². The van der Waals surface area contributed by atoms with Gasteiger partial charge >= 0.3 is 0 Å². The molecule has 0 aliphatic carbocycles. The number of rotatable bonds is 6. The van der Waals surface area contributed by atoms with Crippen LogP contribution in [-0.4, -0.2) is 23.8 Å². The zero-order valence-electron chi connectivity index (χ0n) is 11.6. The molecule has 112 valence electrons. The third kappa shape index (κ3) is 3.82. The molecule has 21 heavy (non-hydrogen) atoms. The van der Waals surface area contributed by atoms with E-state index in [1.807, 2.05) is 6.92 Å². The molecular formula is C13H17N5O2S. The minimum Gasteiger partial charge on any atom is -0.387 e. The van der Waals surface area contributed by atoms with E-state index >= 15 is 0 Å². The molecule has 4 N–H and O–H groups in total. The van der Waals surface area contributed by atoms with Gasteiger partial charge in [-0.25, -0.2) is 4.98 Å². The van der Waals surface area contributed by atoms with E-state index < -0.39 is 10.0 Å². The Balaban J connectivity index is 2.14. The lowest BCUT2D eigenvalue weighted by Crippen LogP contribution is -2.14. The van der Waals surface area contributed by atoms with E-state index in [1.54, 1.807) is 28.8 Å². The van der Waals surface area contributed by atoms with Crippen LogP contribution in [0.5, 0.6) is 0 Å². The number of nitrogens with two attached hydrogens (primary N) is 1. The van der Waals surface area contributed by atoms with Crippen molar-refractivity contribution in [3.05, 3.63) is 42.4 Å². The Morgan fingerprint density at radius 3 is 2.57 bits per heavy atom. The molecule has 0 radical (unpaired) electrons. The minimum atomic E-state index is -3.69. The molecule has 0 amide bonds. The van der Waals surface area contributed by atoms with Crippen LogP contribution in [-0.2, 0) is 23.0 Å². The van der Waals surface area contributed by atoms with Gasteiger partial charge in [-0.2, -0.15) is 8.42 Å². The zero-order valence-corrected chi connectivity index (χ0v) is 12.4. The molecule has 1 aromatic heterocycles. The highest BCUT2D eigenvalue weighted by molar-refractivity contribution is 7.92. The maximum Gasteiger partial charge on any atom is 0.280 e. The van der Waals surface area contributed by atoms with E-state index in [-0.39, 0.29) is 10.9 Å². The molecule has 1 heterocycles. The molecule has 0 aliphatic heterocycles. The predicted octanol–water partition coefficient (Wildman–Crippen LogP) is 1.18. The van der Waals surface area contributed by atoms with Crippen molar-refractivity contribution in [3.8, 4) is 0 Å². The number of amidine groups is 1. The molecular weight excluding hydrogens is 290 g/mol. The van der Waals surface area contributed by atoms with Crippen molar-refractivity contribution in [2.24, 2.45) is 5.73 Å². The van der Waals surface area contributed by atoms with Crippen LogP contribution < -0.4 is 10.5 Å². The first-order valence-electron chi connectivity index (χ1n) is 6.37. The first-order valence-corrected chi connectivity index (χ1v) is 7.85. The van der Waals surface area contributed by atoms with Crippen LogP contribution in [0.15, 0.2) is 41.8 Å². The van der Waals surface area contributed by atoms with E-state index in [0.29, 0.717) is 18.7 Å². The number of nitrogens with zero attached hydrogens (tertiary/aromatic N) is 2. The summed E-state index contributed by atoms with van der Waals surface area (Å²) in [6.07, 6.45) is 3.30. The van der Waals surface area contributed by atoms with Gasteiger partial charge in [0.25, 0.3) is 10.0 Å². The van der Waals surface area contributed by atoms with Gasteiger partial charge in [-0.1, -0.05) is 12.1 Å². The van der Waals surface area contributed by atoms with Crippen molar-refractivity contribution in [2.75, 3.05) is 4.72 Å². The monoisotopic (exact) mass is 307 g/mol. The zero-order chi connectivity index (χ0) is 15.5. The summed E-state index contributed by atoms with van der Waals surface area (Å²) < 4.78 is 28.5. The fourth-order valence-corrected chi connectivity index (χ4v) is 2.78. The highest BCUT2D eigenvalue weighted by Gasteiger charge is 2.17. The number of aryl methyl sites for hydroxylation is 1. The number of hydrogen-bond acceptors (Lipinski definition) is 4. The molecule has 0 fully saturated rings. The standard InChI is InChI=1S/C13H17N5O2S/c1-2-18-8-13(16-9-18)21(19,20)17-11-5-3-10(4-6-11)7-12(14)15/h3-6,8-9,17H,2,7H2,1H3,(H3,14,15). The van der Waals surface area contributed by atoms with Crippen molar-refractivity contribution in [1.82, 2.24) is 9.55 Å². The van der Waals surface area contributed by atoms with Gasteiger partial charge in [-0.3, -0.25) is 10.1 Å². The summed E-state index contributed by atoms with van der Waals surface area (Å²) in [5, 5.41) is 7.20. The lowest BCUT2D eigenvalue weighted by molar-refractivity contribution is 0.598. The van der Waals surface area contributed by atoms with Gasteiger partial charge in [0.2, 0.25) is 0 Å². The van der Waals surface area contributed by atoms with Crippen LogP contribution in [0.1, 0.15) is 12.5 Å². The van der Waals surface area contributed by atoms with E-state index in [0.717, 1.165) is 5.56 Å². The van der Waals surface area contributed by atoms with E-state index in [4.69, 9.17) is 11.1 Å². The third-order valence-corrected chi connectivity index (χ3v) is 4.12. The molecule has 8 heteroatoms. The Hall–Kier alpha value is -2.35. The largest absolute Gasteiger partial charge is 0.387 e. The predicted molar refractivity (Wildman–Crippen MR) is 80.8 cm³/mol.